The van der Waals surface area contributed by atoms with Crippen LogP contribution in [0.25, 0.3) is 5.57 Å². The van der Waals surface area contributed by atoms with Crippen molar-refractivity contribution in [2.24, 2.45) is 0 Å². The molecule has 0 spiro atoms. The molecule has 0 aliphatic heterocycles. The van der Waals surface area contributed by atoms with E-state index in [1.165, 1.54) is 0 Å². The van der Waals surface area contributed by atoms with Gasteiger partial charge in [0.05, 0.1) is 5.69 Å². The molecule has 0 aromatic carbocycles. The zero-order valence-corrected chi connectivity index (χ0v) is 10.8. The predicted octanol–water partition coefficient (Wildman–Crippen LogP) is 2.35. The monoisotopic (exact) mass is 242 g/mol. The minimum Gasteiger partial charge on any atom is -0.383 e. The van der Waals surface area contributed by atoms with E-state index in [2.05, 4.69) is 45.4 Å². The van der Waals surface area contributed by atoms with E-state index < -0.39 is 0 Å². The maximum absolute atomic E-state index is 4.42. The molecule has 94 valence electrons. The third-order valence-corrected chi connectivity index (χ3v) is 2.71. The van der Waals surface area contributed by atoms with Gasteiger partial charge in [-0.2, -0.15) is 0 Å². The van der Waals surface area contributed by atoms with Crippen molar-refractivity contribution in [3.8, 4) is 0 Å². The highest BCUT2D eigenvalue weighted by Crippen LogP contribution is 2.20. The standard InChI is InChI=1S/C14H18N4/c1-10(2)17-12-6-4-11(5-7-12)13-8-9-16-14(15-3)18-13/h4-6,8-9,12,17H,1,7H2,2-3H3,(H,15,16,18). The van der Waals surface area contributed by atoms with Crippen LogP contribution in [0.2, 0.25) is 0 Å². The van der Waals surface area contributed by atoms with Gasteiger partial charge in [-0.1, -0.05) is 24.8 Å². The molecule has 0 bridgehead atoms. The molecule has 0 fully saturated rings. The lowest BCUT2D eigenvalue weighted by Crippen LogP contribution is -2.25. The van der Waals surface area contributed by atoms with Crippen molar-refractivity contribution in [3.63, 3.8) is 0 Å². The number of aromatic nitrogens is 2. The molecule has 1 aromatic heterocycles. The van der Waals surface area contributed by atoms with Crippen molar-refractivity contribution in [1.29, 1.82) is 0 Å². The van der Waals surface area contributed by atoms with Gasteiger partial charge in [0.25, 0.3) is 0 Å². The molecule has 1 unspecified atom stereocenters. The molecular weight excluding hydrogens is 224 g/mol. The van der Waals surface area contributed by atoms with Gasteiger partial charge in [-0.25, -0.2) is 9.97 Å². The summed E-state index contributed by atoms with van der Waals surface area (Å²) >= 11 is 0. The summed E-state index contributed by atoms with van der Waals surface area (Å²) in [5.74, 6) is 0.643. The average molecular weight is 242 g/mol. The lowest BCUT2D eigenvalue weighted by Gasteiger charge is -2.18. The van der Waals surface area contributed by atoms with Crippen LogP contribution in [-0.2, 0) is 0 Å². The van der Waals surface area contributed by atoms with Crippen molar-refractivity contribution >= 4 is 11.5 Å². The van der Waals surface area contributed by atoms with Gasteiger partial charge < -0.3 is 10.6 Å². The van der Waals surface area contributed by atoms with Crippen LogP contribution >= 0.6 is 0 Å². The summed E-state index contributed by atoms with van der Waals surface area (Å²) in [5, 5.41) is 6.25. The molecule has 1 heterocycles. The van der Waals surface area contributed by atoms with Gasteiger partial charge in [-0.3, -0.25) is 0 Å². The number of nitrogens with zero attached hydrogens (tertiary/aromatic N) is 2. The van der Waals surface area contributed by atoms with Crippen LogP contribution in [0.1, 0.15) is 19.0 Å². The number of allylic oxidation sites excluding steroid dienone is 3. The summed E-state index contributed by atoms with van der Waals surface area (Å²) < 4.78 is 0. The van der Waals surface area contributed by atoms with Gasteiger partial charge in [0.2, 0.25) is 5.95 Å². The first-order valence-electron chi connectivity index (χ1n) is 6.00. The van der Waals surface area contributed by atoms with E-state index in [9.17, 15) is 0 Å². The van der Waals surface area contributed by atoms with E-state index >= 15 is 0 Å². The van der Waals surface area contributed by atoms with Gasteiger partial charge in [0, 0.05) is 25.0 Å². The van der Waals surface area contributed by atoms with Crippen LogP contribution in [0.4, 0.5) is 5.95 Å². The van der Waals surface area contributed by atoms with Gasteiger partial charge in [0.15, 0.2) is 0 Å². The van der Waals surface area contributed by atoms with Crippen molar-refractivity contribution in [1.82, 2.24) is 15.3 Å². The summed E-state index contributed by atoms with van der Waals surface area (Å²) in [6.45, 7) is 5.82. The summed E-state index contributed by atoms with van der Waals surface area (Å²) in [7, 11) is 1.82. The Balaban J connectivity index is 2.10. The van der Waals surface area contributed by atoms with Crippen molar-refractivity contribution in [2.45, 2.75) is 19.4 Å². The molecule has 2 rings (SSSR count). The normalized spacial score (nSPS) is 18.1. The Kier molecular flexibility index (Phi) is 3.77. The quantitative estimate of drug-likeness (QED) is 0.851. The molecule has 0 saturated carbocycles. The maximum atomic E-state index is 4.42. The predicted molar refractivity (Wildman–Crippen MR) is 75.1 cm³/mol. The number of hydrogen-bond donors (Lipinski definition) is 2. The van der Waals surface area contributed by atoms with Gasteiger partial charge in [-0.15, -0.1) is 0 Å². The first-order chi connectivity index (χ1) is 8.69. The molecular formula is C14H18N4. The molecule has 4 heteroatoms. The maximum Gasteiger partial charge on any atom is 0.222 e. The smallest absolute Gasteiger partial charge is 0.222 e. The first kappa shape index (κ1) is 12.4. The molecule has 18 heavy (non-hydrogen) atoms. The Morgan fingerprint density at radius 1 is 1.50 bits per heavy atom. The van der Waals surface area contributed by atoms with Gasteiger partial charge in [-0.05, 0) is 25.0 Å². The van der Waals surface area contributed by atoms with Gasteiger partial charge >= 0.3 is 0 Å². The molecule has 4 nitrogen and oxygen atoms in total. The fourth-order valence-electron chi connectivity index (χ4n) is 1.87. The second-order valence-corrected chi connectivity index (χ2v) is 4.30. The van der Waals surface area contributed by atoms with Crippen molar-refractivity contribution < 1.29 is 0 Å². The molecule has 0 amide bonds. The highest BCUT2D eigenvalue weighted by Gasteiger charge is 2.10. The molecule has 1 aromatic rings. The second-order valence-electron chi connectivity index (χ2n) is 4.30. The lowest BCUT2D eigenvalue weighted by molar-refractivity contribution is 0.676. The molecule has 2 N–H and O–H groups in total. The van der Waals surface area contributed by atoms with Crippen LogP contribution in [0.5, 0.6) is 0 Å². The molecule has 0 saturated heterocycles. The van der Waals surface area contributed by atoms with Crippen LogP contribution in [0.3, 0.4) is 0 Å². The third kappa shape index (κ3) is 2.97. The summed E-state index contributed by atoms with van der Waals surface area (Å²) in [4.78, 5) is 8.53. The summed E-state index contributed by atoms with van der Waals surface area (Å²) in [5.41, 5.74) is 3.06. The Morgan fingerprint density at radius 2 is 2.33 bits per heavy atom. The van der Waals surface area contributed by atoms with E-state index in [1.807, 2.05) is 20.0 Å². The SMILES string of the molecule is C=C(C)NC1C=CC(c2ccnc(NC)n2)=CC1. The van der Waals surface area contributed by atoms with E-state index in [4.69, 9.17) is 0 Å². The van der Waals surface area contributed by atoms with Crippen molar-refractivity contribution in [3.05, 3.63) is 48.5 Å². The fraction of sp³-hybridized carbons (Fsp3) is 0.286. The topological polar surface area (TPSA) is 49.8 Å². The van der Waals surface area contributed by atoms with Crippen LogP contribution in [-0.4, -0.2) is 23.1 Å². The third-order valence-electron chi connectivity index (χ3n) is 2.71. The fourth-order valence-corrected chi connectivity index (χ4v) is 1.87. The lowest BCUT2D eigenvalue weighted by atomic mass is 10.0. The zero-order chi connectivity index (χ0) is 13.0. The Morgan fingerprint density at radius 3 is 2.94 bits per heavy atom. The van der Waals surface area contributed by atoms with E-state index in [0.717, 1.165) is 23.4 Å². The minimum atomic E-state index is 0.330. The van der Waals surface area contributed by atoms with Crippen LogP contribution < -0.4 is 10.6 Å². The number of anilines is 1. The number of rotatable bonds is 4. The summed E-state index contributed by atoms with van der Waals surface area (Å²) in [6.07, 6.45) is 9.12. The largest absolute Gasteiger partial charge is 0.383 e. The molecule has 0 radical (unpaired) electrons. The highest BCUT2D eigenvalue weighted by atomic mass is 15.1. The van der Waals surface area contributed by atoms with E-state index in [0.29, 0.717) is 12.0 Å². The molecule has 1 atom stereocenters. The van der Waals surface area contributed by atoms with Crippen LogP contribution in [0, 0.1) is 0 Å². The van der Waals surface area contributed by atoms with E-state index in [-0.39, 0.29) is 0 Å². The van der Waals surface area contributed by atoms with Gasteiger partial charge in [0.1, 0.15) is 0 Å². The Bertz CT molecular complexity index is 502. The number of nitrogens with one attached hydrogen (secondary N) is 2. The molecule has 1 aliphatic rings. The average Bonchev–Trinajstić information content (AvgIpc) is 2.39. The second kappa shape index (κ2) is 5.49. The Labute approximate surface area is 108 Å². The first-order valence-corrected chi connectivity index (χ1v) is 6.00. The number of hydrogen-bond acceptors (Lipinski definition) is 4. The summed E-state index contributed by atoms with van der Waals surface area (Å²) in [6, 6.07) is 2.25. The zero-order valence-electron chi connectivity index (χ0n) is 10.8. The minimum absolute atomic E-state index is 0.330. The highest BCUT2D eigenvalue weighted by molar-refractivity contribution is 5.73. The Hall–Kier alpha value is -2.10. The van der Waals surface area contributed by atoms with Crippen molar-refractivity contribution in [2.75, 3.05) is 12.4 Å². The van der Waals surface area contributed by atoms with E-state index in [1.54, 1.807) is 6.20 Å². The molecule has 1 aliphatic carbocycles. The van der Waals surface area contributed by atoms with Crippen LogP contribution in [0.15, 0.2) is 42.8 Å².